The Morgan fingerprint density at radius 3 is 3.00 bits per heavy atom. The van der Waals surface area contributed by atoms with Gasteiger partial charge in [-0.05, 0) is 26.1 Å². The lowest BCUT2D eigenvalue weighted by Crippen LogP contribution is -2.45. The van der Waals surface area contributed by atoms with Crippen LogP contribution in [0.3, 0.4) is 0 Å². The highest BCUT2D eigenvalue weighted by atomic mass is 19.1. The Morgan fingerprint density at radius 2 is 2.35 bits per heavy atom. The molecule has 110 valence electrons. The number of carbonyl (C=O) groups excluding carboxylic acids is 1. The topological polar surface area (TPSA) is 67.6 Å². The monoisotopic (exact) mass is 281 g/mol. The number of morpholine rings is 1. The molecule has 0 aliphatic carbocycles. The van der Waals surface area contributed by atoms with Crippen LogP contribution in [0.1, 0.15) is 15.9 Å². The molecule has 0 aromatic heterocycles. The van der Waals surface area contributed by atoms with Crippen molar-refractivity contribution in [1.29, 1.82) is 0 Å². The van der Waals surface area contributed by atoms with Crippen LogP contribution in [0.5, 0.6) is 0 Å². The SMILES string of the molecule is Cc1c(N)cc(C(=O)NCC2CN(C)CCO2)cc1F. The molecule has 1 aliphatic heterocycles. The van der Waals surface area contributed by atoms with Gasteiger partial charge < -0.3 is 20.7 Å². The summed E-state index contributed by atoms with van der Waals surface area (Å²) in [4.78, 5) is 14.1. The van der Waals surface area contributed by atoms with E-state index >= 15 is 0 Å². The van der Waals surface area contributed by atoms with Crippen LogP contribution >= 0.6 is 0 Å². The molecule has 1 heterocycles. The molecule has 1 aliphatic rings. The van der Waals surface area contributed by atoms with Gasteiger partial charge in [0.15, 0.2) is 0 Å². The van der Waals surface area contributed by atoms with E-state index in [1.807, 2.05) is 7.05 Å². The van der Waals surface area contributed by atoms with E-state index in [0.29, 0.717) is 18.7 Å². The summed E-state index contributed by atoms with van der Waals surface area (Å²) in [7, 11) is 2.01. The molecule has 5 nitrogen and oxygen atoms in total. The summed E-state index contributed by atoms with van der Waals surface area (Å²) < 4.78 is 19.1. The number of hydrogen-bond donors (Lipinski definition) is 2. The Kier molecular flexibility index (Phi) is 4.57. The molecular weight excluding hydrogens is 261 g/mol. The summed E-state index contributed by atoms with van der Waals surface area (Å²) in [5, 5.41) is 2.75. The second kappa shape index (κ2) is 6.19. The molecule has 20 heavy (non-hydrogen) atoms. The predicted octanol–water partition coefficient (Wildman–Crippen LogP) is 0.777. The fourth-order valence-corrected chi connectivity index (χ4v) is 2.13. The Hall–Kier alpha value is -1.66. The number of rotatable bonds is 3. The van der Waals surface area contributed by atoms with Gasteiger partial charge in [-0.3, -0.25) is 4.79 Å². The van der Waals surface area contributed by atoms with Gasteiger partial charge in [0.25, 0.3) is 5.91 Å². The van der Waals surface area contributed by atoms with Crippen molar-refractivity contribution in [1.82, 2.24) is 10.2 Å². The number of ether oxygens (including phenoxy) is 1. The average Bonchev–Trinajstić information content (AvgIpc) is 2.41. The number of likely N-dealkylation sites (N-methyl/N-ethyl adjacent to an activating group) is 1. The highest BCUT2D eigenvalue weighted by Gasteiger charge is 2.19. The molecule has 1 aromatic carbocycles. The molecule has 3 N–H and O–H groups in total. The van der Waals surface area contributed by atoms with Crippen LogP contribution < -0.4 is 11.1 Å². The zero-order valence-corrected chi connectivity index (χ0v) is 11.8. The van der Waals surface area contributed by atoms with Gasteiger partial charge in [-0.2, -0.15) is 0 Å². The van der Waals surface area contributed by atoms with E-state index in [4.69, 9.17) is 10.5 Å². The molecule has 0 saturated carbocycles. The van der Waals surface area contributed by atoms with E-state index in [0.717, 1.165) is 13.1 Å². The largest absolute Gasteiger partial charge is 0.398 e. The average molecular weight is 281 g/mol. The minimum Gasteiger partial charge on any atom is -0.398 e. The molecule has 1 unspecified atom stereocenters. The van der Waals surface area contributed by atoms with E-state index in [2.05, 4.69) is 10.2 Å². The summed E-state index contributed by atoms with van der Waals surface area (Å²) in [6.45, 7) is 4.30. The summed E-state index contributed by atoms with van der Waals surface area (Å²) in [5.74, 6) is -0.809. The van der Waals surface area contributed by atoms with E-state index in [1.165, 1.54) is 12.1 Å². The number of halogens is 1. The third-order valence-corrected chi connectivity index (χ3v) is 3.48. The van der Waals surface area contributed by atoms with Crippen LogP contribution in [-0.4, -0.2) is 50.2 Å². The van der Waals surface area contributed by atoms with Crippen LogP contribution in [0.25, 0.3) is 0 Å². The molecule has 1 fully saturated rings. The standard InChI is InChI=1S/C14H20FN3O2/c1-9-12(15)5-10(6-13(9)16)14(19)17-7-11-8-18(2)3-4-20-11/h5-6,11H,3-4,7-8,16H2,1-2H3,(H,17,19). The van der Waals surface area contributed by atoms with Crippen molar-refractivity contribution in [3.05, 3.63) is 29.1 Å². The van der Waals surface area contributed by atoms with Crippen LogP contribution in [-0.2, 0) is 4.74 Å². The number of nitrogens with zero attached hydrogens (tertiary/aromatic N) is 1. The van der Waals surface area contributed by atoms with E-state index in [1.54, 1.807) is 6.92 Å². The van der Waals surface area contributed by atoms with Gasteiger partial charge in [0.05, 0.1) is 12.7 Å². The van der Waals surface area contributed by atoms with Gasteiger partial charge >= 0.3 is 0 Å². The van der Waals surface area contributed by atoms with Gasteiger partial charge in [-0.1, -0.05) is 0 Å². The van der Waals surface area contributed by atoms with Crippen molar-refractivity contribution in [3.63, 3.8) is 0 Å². The van der Waals surface area contributed by atoms with Crippen molar-refractivity contribution < 1.29 is 13.9 Å². The fourth-order valence-electron chi connectivity index (χ4n) is 2.13. The van der Waals surface area contributed by atoms with Crippen LogP contribution in [0.15, 0.2) is 12.1 Å². The Bertz CT molecular complexity index is 484. The maximum atomic E-state index is 13.6. The van der Waals surface area contributed by atoms with Crippen molar-refractivity contribution >= 4 is 11.6 Å². The maximum Gasteiger partial charge on any atom is 0.251 e. The Balaban J connectivity index is 1.95. The molecule has 2 rings (SSSR count). The third-order valence-electron chi connectivity index (χ3n) is 3.48. The third kappa shape index (κ3) is 3.46. The summed E-state index contributed by atoms with van der Waals surface area (Å²) >= 11 is 0. The molecule has 1 saturated heterocycles. The number of hydrogen-bond acceptors (Lipinski definition) is 4. The van der Waals surface area contributed by atoms with Gasteiger partial charge in [-0.15, -0.1) is 0 Å². The molecule has 0 bridgehead atoms. The van der Waals surface area contributed by atoms with Gasteiger partial charge in [-0.25, -0.2) is 4.39 Å². The molecule has 1 atom stereocenters. The normalized spacial score (nSPS) is 19.9. The van der Waals surface area contributed by atoms with Crippen LogP contribution in [0, 0.1) is 12.7 Å². The highest BCUT2D eigenvalue weighted by Crippen LogP contribution is 2.17. The fraction of sp³-hybridized carbons (Fsp3) is 0.500. The zero-order valence-electron chi connectivity index (χ0n) is 11.8. The van der Waals surface area contributed by atoms with E-state index in [-0.39, 0.29) is 23.3 Å². The first-order valence-electron chi connectivity index (χ1n) is 6.61. The summed E-state index contributed by atoms with van der Waals surface area (Å²) in [6.07, 6.45) is -0.0367. The Morgan fingerprint density at radius 1 is 1.60 bits per heavy atom. The molecule has 6 heteroatoms. The number of nitrogens with one attached hydrogen (secondary N) is 1. The van der Waals surface area contributed by atoms with Crippen molar-refractivity contribution in [3.8, 4) is 0 Å². The molecular formula is C14H20FN3O2. The molecule has 1 amide bonds. The second-order valence-electron chi connectivity index (χ2n) is 5.14. The number of nitrogen functional groups attached to an aromatic ring is 1. The van der Waals surface area contributed by atoms with Crippen molar-refractivity contribution in [2.75, 3.05) is 39.0 Å². The van der Waals surface area contributed by atoms with Crippen molar-refractivity contribution in [2.24, 2.45) is 0 Å². The zero-order chi connectivity index (χ0) is 14.7. The minimum absolute atomic E-state index is 0.0367. The second-order valence-corrected chi connectivity index (χ2v) is 5.14. The van der Waals surface area contributed by atoms with Crippen molar-refractivity contribution in [2.45, 2.75) is 13.0 Å². The quantitative estimate of drug-likeness (QED) is 0.803. The molecule has 0 spiro atoms. The number of nitrogens with two attached hydrogens (primary N) is 1. The van der Waals surface area contributed by atoms with E-state index < -0.39 is 5.82 Å². The molecule has 1 aromatic rings. The number of carbonyl (C=O) groups is 1. The lowest BCUT2D eigenvalue weighted by atomic mass is 10.1. The highest BCUT2D eigenvalue weighted by molar-refractivity contribution is 5.95. The summed E-state index contributed by atoms with van der Waals surface area (Å²) in [5.41, 5.74) is 6.54. The number of amides is 1. The minimum atomic E-state index is -0.469. The summed E-state index contributed by atoms with van der Waals surface area (Å²) in [6, 6.07) is 2.69. The van der Waals surface area contributed by atoms with Gasteiger partial charge in [0.1, 0.15) is 5.82 Å². The lowest BCUT2D eigenvalue weighted by molar-refractivity contribution is -0.0175. The van der Waals surface area contributed by atoms with Gasteiger partial charge in [0.2, 0.25) is 0 Å². The van der Waals surface area contributed by atoms with Crippen LogP contribution in [0.2, 0.25) is 0 Å². The van der Waals surface area contributed by atoms with Gasteiger partial charge in [0, 0.05) is 36.4 Å². The predicted molar refractivity (Wildman–Crippen MR) is 75.1 cm³/mol. The molecule has 0 radical (unpaired) electrons. The van der Waals surface area contributed by atoms with E-state index in [9.17, 15) is 9.18 Å². The first-order valence-corrected chi connectivity index (χ1v) is 6.61. The first-order chi connectivity index (χ1) is 9.47. The maximum absolute atomic E-state index is 13.6. The number of benzene rings is 1. The number of anilines is 1. The Labute approximate surface area is 117 Å². The first kappa shape index (κ1) is 14.7. The smallest absolute Gasteiger partial charge is 0.251 e. The lowest BCUT2D eigenvalue weighted by Gasteiger charge is -2.30. The van der Waals surface area contributed by atoms with Crippen LogP contribution in [0.4, 0.5) is 10.1 Å².